The van der Waals surface area contributed by atoms with Crippen molar-refractivity contribution in [3.63, 3.8) is 0 Å². The summed E-state index contributed by atoms with van der Waals surface area (Å²) in [6, 6.07) is 0. The third-order valence-corrected chi connectivity index (χ3v) is 1.33. The molecule has 0 N–H and O–H groups in total. The molecular formula is C6H5N3O. The molecule has 0 aliphatic carbocycles. The van der Waals surface area contributed by atoms with Gasteiger partial charge in [0.15, 0.2) is 0 Å². The number of hydrogen-bond acceptors (Lipinski definition) is 4. The standard InChI is InChI=1S/C6H5N3O/c1-4-6-5(2-10-4)9-8-3-7-6/h2-3H,1H3. The Labute approximate surface area is 56.9 Å². The highest BCUT2D eigenvalue weighted by atomic mass is 16.3. The minimum absolute atomic E-state index is 0.708. The van der Waals surface area contributed by atoms with Gasteiger partial charge in [-0.25, -0.2) is 4.98 Å². The molecular weight excluding hydrogens is 130 g/mol. The molecule has 0 amide bonds. The Balaban J connectivity index is 2.93. The molecule has 0 aliphatic heterocycles. The van der Waals surface area contributed by atoms with E-state index in [0.29, 0.717) is 5.52 Å². The van der Waals surface area contributed by atoms with E-state index < -0.39 is 0 Å². The van der Waals surface area contributed by atoms with Crippen LogP contribution in [-0.4, -0.2) is 15.2 Å². The lowest BCUT2D eigenvalue weighted by atomic mass is 10.4. The molecule has 2 aromatic heterocycles. The lowest BCUT2D eigenvalue weighted by Crippen LogP contribution is -1.82. The number of furan rings is 1. The Kier molecular flexibility index (Phi) is 0.943. The lowest BCUT2D eigenvalue weighted by molar-refractivity contribution is 0.538. The zero-order chi connectivity index (χ0) is 6.97. The van der Waals surface area contributed by atoms with E-state index in [1.165, 1.54) is 6.33 Å². The fourth-order valence-electron chi connectivity index (χ4n) is 0.836. The van der Waals surface area contributed by atoms with Gasteiger partial charge < -0.3 is 4.42 Å². The van der Waals surface area contributed by atoms with Crippen molar-refractivity contribution < 1.29 is 4.42 Å². The van der Waals surface area contributed by atoms with Gasteiger partial charge in [-0.15, -0.1) is 10.2 Å². The summed E-state index contributed by atoms with van der Waals surface area (Å²) in [5.41, 5.74) is 1.50. The smallest absolute Gasteiger partial charge is 0.150 e. The van der Waals surface area contributed by atoms with Crippen LogP contribution in [0.15, 0.2) is 17.0 Å². The zero-order valence-corrected chi connectivity index (χ0v) is 5.40. The van der Waals surface area contributed by atoms with Crippen LogP contribution in [0.5, 0.6) is 0 Å². The van der Waals surface area contributed by atoms with Gasteiger partial charge in [-0.3, -0.25) is 0 Å². The third-order valence-electron chi connectivity index (χ3n) is 1.33. The van der Waals surface area contributed by atoms with Crippen LogP contribution in [0.3, 0.4) is 0 Å². The van der Waals surface area contributed by atoms with E-state index in [0.717, 1.165) is 11.3 Å². The van der Waals surface area contributed by atoms with Gasteiger partial charge in [0.2, 0.25) is 0 Å². The van der Waals surface area contributed by atoms with Crippen molar-refractivity contribution >= 4 is 11.0 Å². The summed E-state index contributed by atoms with van der Waals surface area (Å²) in [5.74, 6) is 0.782. The van der Waals surface area contributed by atoms with Crippen LogP contribution < -0.4 is 0 Å². The first-order chi connectivity index (χ1) is 4.88. The first-order valence-corrected chi connectivity index (χ1v) is 2.89. The largest absolute Gasteiger partial charge is 0.465 e. The van der Waals surface area contributed by atoms with Crippen LogP contribution in [0.4, 0.5) is 0 Å². The van der Waals surface area contributed by atoms with Crippen molar-refractivity contribution in [2.24, 2.45) is 0 Å². The molecule has 0 radical (unpaired) electrons. The average molecular weight is 135 g/mol. The summed E-state index contributed by atoms with van der Waals surface area (Å²) >= 11 is 0. The maximum atomic E-state index is 5.05. The molecule has 2 heterocycles. The monoisotopic (exact) mass is 135 g/mol. The summed E-state index contributed by atoms with van der Waals surface area (Å²) in [6.07, 6.45) is 2.95. The van der Waals surface area contributed by atoms with Crippen LogP contribution in [0.2, 0.25) is 0 Å². The Morgan fingerprint density at radius 3 is 3.20 bits per heavy atom. The molecule has 0 aromatic carbocycles. The van der Waals surface area contributed by atoms with Crippen molar-refractivity contribution in [2.75, 3.05) is 0 Å². The highest BCUT2D eigenvalue weighted by molar-refractivity contribution is 5.74. The Hall–Kier alpha value is -1.45. The molecule has 50 valence electrons. The van der Waals surface area contributed by atoms with E-state index in [1.54, 1.807) is 6.26 Å². The SMILES string of the molecule is Cc1occ2nncnc12. The Morgan fingerprint density at radius 1 is 1.50 bits per heavy atom. The van der Waals surface area contributed by atoms with Crippen molar-refractivity contribution in [2.45, 2.75) is 6.92 Å². The Bertz CT molecular complexity index is 355. The molecule has 0 saturated heterocycles. The average Bonchev–Trinajstić information content (AvgIpc) is 2.34. The van der Waals surface area contributed by atoms with Gasteiger partial charge in [0.25, 0.3) is 0 Å². The fourth-order valence-corrected chi connectivity index (χ4v) is 0.836. The minimum Gasteiger partial charge on any atom is -0.465 e. The van der Waals surface area contributed by atoms with Gasteiger partial charge in [0.1, 0.15) is 29.4 Å². The van der Waals surface area contributed by atoms with Crippen LogP contribution >= 0.6 is 0 Å². The molecule has 0 atom stereocenters. The van der Waals surface area contributed by atoms with Crippen molar-refractivity contribution in [1.29, 1.82) is 0 Å². The zero-order valence-electron chi connectivity index (χ0n) is 5.40. The highest BCUT2D eigenvalue weighted by Gasteiger charge is 2.01. The maximum absolute atomic E-state index is 5.05. The summed E-state index contributed by atoms with van der Waals surface area (Å²) in [5, 5.41) is 7.40. The second kappa shape index (κ2) is 1.76. The van der Waals surface area contributed by atoms with Crippen molar-refractivity contribution in [1.82, 2.24) is 15.2 Å². The van der Waals surface area contributed by atoms with E-state index in [9.17, 15) is 0 Å². The number of nitrogens with zero attached hydrogens (tertiary/aromatic N) is 3. The Morgan fingerprint density at radius 2 is 2.40 bits per heavy atom. The fraction of sp³-hybridized carbons (Fsp3) is 0.167. The molecule has 2 aromatic rings. The van der Waals surface area contributed by atoms with Crippen LogP contribution in [-0.2, 0) is 0 Å². The number of fused-ring (bicyclic) bond motifs is 1. The van der Waals surface area contributed by atoms with Crippen molar-refractivity contribution in [3.05, 3.63) is 18.4 Å². The minimum atomic E-state index is 0.708. The lowest BCUT2D eigenvalue weighted by Gasteiger charge is -1.82. The second-order valence-electron chi connectivity index (χ2n) is 1.99. The molecule has 4 heteroatoms. The predicted molar refractivity (Wildman–Crippen MR) is 34.3 cm³/mol. The molecule has 0 saturated carbocycles. The van der Waals surface area contributed by atoms with Crippen LogP contribution in [0.25, 0.3) is 11.0 Å². The van der Waals surface area contributed by atoms with E-state index in [-0.39, 0.29) is 0 Å². The molecule has 4 nitrogen and oxygen atoms in total. The summed E-state index contributed by atoms with van der Waals surface area (Å²) in [7, 11) is 0. The van der Waals surface area contributed by atoms with Gasteiger partial charge in [-0.2, -0.15) is 0 Å². The summed E-state index contributed by atoms with van der Waals surface area (Å²) in [6.45, 7) is 1.84. The van der Waals surface area contributed by atoms with E-state index in [2.05, 4.69) is 15.2 Å². The van der Waals surface area contributed by atoms with Gasteiger partial charge in [-0.1, -0.05) is 0 Å². The second-order valence-corrected chi connectivity index (χ2v) is 1.99. The number of hydrogen-bond donors (Lipinski definition) is 0. The van der Waals surface area contributed by atoms with Crippen LogP contribution in [0.1, 0.15) is 5.76 Å². The molecule has 0 unspecified atom stereocenters. The van der Waals surface area contributed by atoms with Gasteiger partial charge in [0.05, 0.1) is 0 Å². The topological polar surface area (TPSA) is 51.8 Å². The molecule has 0 spiro atoms. The molecule has 10 heavy (non-hydrogen) atoms. The van der Waals surface area contributed by atoms with E-state index >= 15 is 0 Å². The molecule has 0 bridgehead atoms. The normalized spacial score (nSPS) is 10.5. The third kappa shape index (κ3) is 0.586. The van der Waals surface area contributed by atoms with Gasteiger partial charge in [-0.05, 0) is 6.92 Å². The van der Waals surface area contributed by atoms with E-state index in [4.69, 9.17) is 4.42 Å². The quantitative estimate of drug-likeness (QED) is 0.539. The first kappa shape index (κ1) is 5.34. The van der Waals surface area contributed by atoms with Gasteiger partial charge in [0, 0.05) is 0 Å². The number of aryl methyl sites for hydroxylation is 1. The molecule has 2 rings (SSSR count). The molecule has 0 aliphatic rings. The number of aromatic nitrogens is 3. The van der Waals surface area contributed by atoms with E-state index in [1.807, 2.05) is 6.92 Å². The predicted octanol–water partition coefficient (Wildman–Crippen LogP) is 0.926. The van der Waals surface area contributed by atoms with Gasteiger partial charge >= 0.3 is 0 Å². The van der Waals surface area contributed by atoms with Crippen LogP contribution in [0, 0.1) is 6.92 Å². The molecule has 0 fully saturated rings. The number of rotatable bonds is 0. The maximum Gasteiger partial charge on any atom is 0.150 e. The van der Waals surface area contributed by atoms with Crippen molar-refractivity contribution in [3.8, 4) is 0 Å². The summed E-state index contributed by atoms with van der Waals surface area (Å²) in [4.78, 5) is 3.97. The first-order valence-electron chi connectivity index (χ1n) is 2.89. The highest BCUT2D eigenvalue weighted by Crippen LogP contribution is 2.12. The summed E-state index contributed by atoms with van der Waals surface area (Å²) < 4.78 is 5.05.